The van der Waals surface area contributed by atoms with Gasteiger partial charge < -0.3 is 10.1 Å². The Labute approximate surface area is 193 Å². The topological polar surface area (TPSA) is 72.3 Å². The molecule has 1 N–H and O–H groups in total. The number of ether oxygens (including phenoxy) is 1. The molecule has 32 heavy (non-hydrogen) atoms. The smallest absolute Gasteiger partial charge is 0.237 e. The van der Waals surface area contributed by atoms with Crippen LogP contribution in [0.4, 0.5) is 5.69 Å². The van der Waals surface area contributed by atoms with Crippen molar-refractivity contribution in [3.63, 3.8) is 0 Å². The van der Waals surface area contributed by atoms with Gasteiger partial charge in [0.25, 0.3) is 0 Å². The van der Waals surface area contributed by atoms with Crippen LogP contribution in [0.2, 0.25) is 0 Å². The SMILES string of the molecule is CCOc1ccc(NC(=O)C(C)Sc2nnc(CN3CCCC3)n2-c2ccccc2)cc1. The number of benzene rings is 2. The van der Waals surface area contributed by atoms with Crippen molar-refractivity contribution in [3.8, 4) is 11.4 Å². The molecule has 4 rings (SSSR count). The molecule has 1 fully saturated rings. The zero-order chi connectivity index (χ0) is 22.3. The highest BCUT2D eigenvalue weighted by molar-refractivity contribution is 8.00. The summed E-state index contributed by atoms with van der Waals surface area (Å²) in [5.74, 6) is 1.61. The van der Waals surface area contributed by atoms with Crippen molar-refractivity contribution in [1.82, 2.24) is 19.7 Å². The lowest BCUT2D eigenvalue weighted by atomic mass is 10.3. The lowest BCUT2D eigenvalue weighted by molar-refractivity contribution is -0.115. The predicted octanol–water partition coefficient (Wildman–Crippen LogP) is 4.38. The molecule has 3 aromatic rings. The Kier molecular flexibility index (Phi) is 7.44. The van der Waals surface area contributed by atoms with Crippen LogP contribution >= 0.6 is 11.8 Å². The van der Waals surface area contributed by atoms with E-state index < -0.39 is 0 Å². The first-order valence-corrected chi connectivity index (χ1v) is 11.9. The Hall–Kier alpha value is -2.84. The van der Waals surface area contributed by atoms with Gasteiger partial charge in [0.15, 0.2) is 11.0 Å². The second-order valence-corrected chi connectivity index (χ2v) is 9.07. The van der Waals surface area contributed by atoms with Crippen LogP contribution in [0.5, 0.6) is 5.75 Å². The van der Waals surface area contributed by atoms with Gasteiger partial charge in [-0.1, -0.05) is 30.0 Å². The summed E-state index contributed by atoms with van der Waals surface area (Å²) < 4.78 is 7.53. The third-order valence-electron chi connectivity index (χ3n) is 5.36. The third kappa shape index (κ3) is 5.49. The first kappa shape index (κ1) is 22.4. The average molecular weight is 452 g/mol. The second kappa shape index (κ2) is 10.7. The summed E-state index contributed by atoms with van der Waals surface area (Å²) in [4.78, 5) is 15.2. The van der Waals surface area contributed by atoms with Crippen LogP contribution in [0.3, 0.4) is 0 Å². The van der Waals surface area contributed by atoms with Crippen molar-refractivity contribution in [1.29, 1.82) is 0 Å². The van der Waals surface area contributed by atoms with E-state index >= 15 is 0 Å². The number of aromatic nitrogens is 3. The summed E-state index contributed by atoms with van der Waals surface area (Å²) in [6.45, 7) is 7.38. The van der Waals surface area contributed by atoms with Crippen LogP contribution in [0.15, 0.2) is 59.8 Å². The molecule has 1 amide bonds. The number of nitrogens with one attached hydrogen (secondary N) is 1. The summed E-state index contributed by atoms with van der Waals surface area (Å²) >= 11 is 1.42. The molecule has 0 bridgehead atoms. The third-order valence-corrected chi connectivity index (χ3v) is 6.41. The van der Waals surface area contributed by atoms with Crippen molar-refractivity contribution in [2.24, 2.45) is 0 Å². The van der Waals surface area contributed by atoms with Crippen LogP contribution in [0, 0.1) is 0 Å². The monoisotopic (exact) mass is 451 g/mol. The molecular formula is C24H29N5O2S. The van der Waals surface area contributed by atoms with Crippen molar-refractivity contribution >= 4 is 23.4 Å². The summed E-state index contributed by atoms with van der Waals surface area (Å²) in [5.41, 5.74) is 1.75. The minimum Gasteiger partial charge on any atom is -0.494 e. The predicted molar refractivity (Wildman–Crippen MR) is 127 cm³/mol. The molecule has 2 aromatic carbocycles. The Morgan fingerprint density at radius 3 is 2.50 bits per heavy atom. The first-order chi connectivity index (χ1) is 15.6. The molecule has 2 heterocycles. The molecule has 1 aliphatic rings. The number of hydrogen-bond donors (Lipinski definition) is 1. The van der Waals surface area contributed by atoms with Gasteiger partial charge in [0.1, 0.15) is 5.75 Å². The minimum atomic E-state index is -0.340. The van der Waals surface area contributed by atoms with E-state index in [1.54, 1.807) is 0 Å². The van der Waals surface area contributed by atoms with Crippen molar-refractivity contribution in [3.05, 3.63) is 60.4 Å². The maximum atomic E-state index is 12.8. The molecule has 8 heteroatoms. The van der Waals surface area contributed by atoms with E-state index in [1.807, 2.05) is 68.4 Å². The number of amides is 1. The Morgan fingerprint density at radius 1 is 1.09 bits per heavy atom. The van der Waals surface area contributed by atoms with E-state index in [9.17, 15) is 4.79 Å². The van der Waals surface area contributed by atoms with Gasteiger partial charge in [0, 0.05) is 11.4 Å². The highest BCUT2D eigenvalue weighted by Crippen LogP contribution is 2.27. The molecule has 1 atom stereocenters. The van der Waals surface area contributed by atoms with Crippen LogP contribution in [0.25, 0.3) is 5.69 Å². The van der Waals surface area contributed by atoms with E-state index in [4.69, 9.17) is 4.74 Å². The number of thioether (sulfide) groups is 1. The molecule has 7 nitrogen and oxygen atoms in total. The highest BCUT2D eigenvalue weighted by Gasteiger charge is 2.23. The van der Waals surface area contributed by atoms with Gasteiger partial charge in [-0.05, 0) is 76.2 Å². The number of likely N-dealkylation sites (tertiary alicyclic amines) is 1. The molecule has 0 saturated carbocycles. The molecule has 0 aliphatic carbocycles. The fourth-order valence-electron chi connectivity index (χ4n) is 3.71. The zero-order valence-electron chi connectivity index (χ0n) is 18.5. The van der Waals surface area contributed by atoms with E-state index in [2.05, 4.69) is 25.0 Å². The number of anilines is 1. The van der Waals surface area contributed by atoms with Crippen molar-refractivity contribution in [2.75, 3.05) is 25.0 Å². The Morgan fingerprint density at radius 2 is 1.81 bits per heavy atom. The van der Waals surface area contributed by atoms with Crippen LogP contribution in [-0.4, -0.2) is 50.5 Å². The van der Waals surface area contributed by atoms with Crippen molar-refractivity contribution in [2.45, 2.75) is 43.6 Å². The van der Waals surface area contributed by atoms with Crippen LogP contribution in [0.1, 0.15) is 32.5 Å². The number of carbonyl (C=O) groups excluding carboxylic acids is 1. The summed E-state index contributed by atoms with van der Waals surface area (Å²) in [6.07, 6.45) is 2.45. The number of para-hydroxylation sites is 1. The van der Waals surface area contributed by atoms with Gasteiger partial charge in [-0.15, -0.1) is 10.2 Å². The van der Waals surface area contributed by atoms with Crippen molar-refractivity contribution < 1.29 is 9.53 Å². The second-order valence-electron chi connectivity index (χ2n) is 7.76. The Balaban J connectivity index is 1.48. The van der Waals surface area contributed by atoms with E-state index in [1.165, 1.54) is 24.6 Å². The Bertz CT molecular complexity index is 1020. The fraction of sp³-hybridized carbons (Fsp3) is 0.375. The highest BCUT2D eigenvalue weighted by atomic mass is 32.2. The zero-order valence-corrected chi connectivity index (χ0v) is 19.3. The summed E-state index contributed by atoms with van der Waals surface area (Å²) in [7, 11) is 0. The number of rotatable bonds is 9. The molecule has 0 spiro atoms. The normalized spacial score (nSPS) is 14.9. The summed E-state index contributed by atoms with van der Waals surface area (Å²) in [5, 5.41) is 12.3. The standard InChI is InChI=1S/C24H29N5O2S/c1-3-31-21-13-11-19(12-14-21)25-23(30)18(2)32-24-27-26-22(17-28-15-7-8-16-28)29(24)20-9-5-4-6-10-20/h4-6,9-14,18H,3,7-8,15-17H2,1-2H3,(H,25,30). The maximum absolute atomic E-state index is 12.8. The number of nitrogens with zero attached hydrogens (tertiary/aromatic N) is 4. The average Bonchev–Trinajstić information content (AvgIpc) is 3.46. The van der Waals surface area contributed by atoms with E-state index in [0.29, 0.717) is 6.61 Å². The molecule has 1 aliphatic heterocycles. The van der Waals surface area contributed by atoms with Gasteiger partial charge in [-0.3, -0.25) is 14.3 Å². The number of hydrogen-bond acceptors (Lipinski definition) is 6. The number of carbonyl (C=O) groups is 1. The quantitative estimate of drug-likeness (QED) is 0.487. The van der Waals surface area contributed by atoms with Gasteiger partial charge in [0.05, 0.1) is 18.4 Å². The largest absolute Gasteiger partial charge is 0.494 e. The van der Waals surface area contributed by atoms with E-state index in [-0.39, 0.29) is 11.2 Å². The molecule has 1 aromatic heterocycles. The van der Waals surface area contributed by atoms with Gasteiger partial charge >= 0.3 is 0 Å². The molecule has 168 valence electrons. The lowest BCUT2D eigenvalue weighted by Gasteiger charge is -2.17. The summed E-state index contributed by atoms with van der Waals surface area (Å²) in [6, 6.07) is 17.5. The molecule has 1 saturated heterocycles. The molecule has 0 radical (unpaired) electrons. The minimum absolute atomic E-state index is 0.0807. The molecular weight excluding hydrogens is 422 g/mol. The fourth-order valence-corrected chi connectivity index (χ4v) is 4.60. The van der Waals surface area contributed by atoms with Crippen LogP contribution in [-0.2, 0) is 11.3 Å². The van der Waals surface area contributed by atoms with Gasteiger partial charge in [-0.25, -0.2) is 0 Å². The first-order valence-electron chi connectivity index (χ1n) is 11.1. The van der Waals surface area contributed by atoms with Crippen LogP contribution < -0.4 is 10.1 Å². The van der Waals surface area contributed by atoms with Gasteiger partial charge in [0.2, 0.25) is 5.91 Å². The van der Waals surface area contributed by atoms with E-state index in [0.717, 1.165) is 47.7 Å². The van der Waals surface area contributed by atoms with Gasteiger partial charge in [-0.2, -0.15) is 0 Å². The molecule has 1 unspecified atom stereocenters. The maximum Gasteiger partial charge on any atom is 0.237 e. The lowest BCUT2D eigenvalue weighted by Crippen LogP contribution is -2.23.